The van der Waals surface area contributed by atoms with Crippen molar-refractivity contribution in [3.8, 4) is 0 Å². The van der Waals surface area contributed by atoms with Gasteiger partial charge in [-0.25, -0.2) is 0 Å². The van der Waals surface area contributed by atoms with Gasteiger partial charge in [-0.3, -0.25) is 4.79 Å². The van der Waals surface area contributed by atoms with Gasteiger partial charge in [0.2, 0.25) is 0 Å². The van der Waals surface area contributed by atoms with Crippen LogP contribution in [0.3, 0.4) is 0 Å². The maximum absolute atomic E-state index is 11.5. The normalized spacial score (nSPS) is 29.9. The summed E-state index contributed by atoms with van der Waals surface area (Å²) in [5.41, 5.74) is -0.429. The SMILES string of the molecule is C=CCCCC1(C(=O)O)CCCC(CC)C1. The Labute approximate surface area is 98.7 Å². The number of hydrogen-bond acceptors (Lipinski definition) is 1. The molecule has 0 spiro atoms. The Morgan fingerprint density at radius 3 is 2.94 bits per heavy atom. The van der Waals surface area contributed by atoms with E-state index in [-0.39, 0.29) is 0 Å². The van der Waals surface area contributed by atoms with E-state index in [2.05, 4.69) is 13.5 Å². The molecule has 0 heterocycles. The summed E-state index contributed by atoms with van der Waals surface area (Å²) in [6, 6.07) is 0. The second-order valence-corrected chi connectivity index (χ2v) is 5.14. The highest BCUT2D eigenvalue weighted by Gasteiger charge is 2.41. The Hall–Kier alpha value is -0.790. The van der Waals surface area contributed by atoms with Gasteiger partial charge >= 0.3 is 5.97 Å². The van der Waals surface area contributed by atoms with Gasteiger partial charge in [0.15, 0.2) is 0 Å². The van der Waals surface area contributed by atoms with Gasteiger partial charge in [-0.1, -0.05) is 32.3 Å². The molecule has 0 aromatic heterocycles. The van der Waals surface area contributed by atoms with Crippen molar-refractivity contribution in [1.29, 1.82) is 0 Å². The topological polar surface area (TPSA) is 37.3 Å². The average molecular weight is 224 g/mol. The van der Waals surface area contributed by atoms with E-state index < -0.39 is 11.4 Å². The van der Waals surface area contributed by atoms with Crippen molar-refractivity contribution in [2.24, 2.45) is 11.3 Å². The molecular weight excluding hydrogens is 200 g/mol. The molecule has 2 atom stereocenters. The first-order valence-corrected chi connectivity index (χ1v) is 6.49. The number of carboxylic acids is 1. The molecule has 0 saturated heterocycles. The van der Waals surface area contributed by atoms with Crippen LogP contribution in [0.4, 0.5) is 0 Å². The Morgan fingerprint density at radius 2 is 2.38 bits per heavy atom. The minimum absolute atomic E-state index is 0.429. The lowest BCUT2D eigenvalue weighted by Crippen LogP contribution is -2.36. The van der Waals surface area contributed by atoms with Gasteiger partial charge < -0.3 is 5.11 Å². The summed E-state index contributed by atoms with van der Waals surface area (Å²) in [6.07, 6.45) is 9.78. The highest BCUT2D eigenvalue weighted by atomic mass is 16.4. The molecule has 16 heavy (non-hydrogen) atoms. The van der Waals surface area contributed by atoms with Crippen molar-refractivity contribution >= 4 is 5.97 Å². The standard InChI is InChI=1S/C14H24O2/c1-3-5-6-9-14(13(15)16)10-7-8-12(4-2)11-14/h3,12H,1,4-11H2,2H3,(H,15,16). The zero-order valence-electron chi connectivity index (χ0n) is 10.4. The van der Waals surface area contributed by atoms with Crippen LogP contribution in [0.2, 0.25) is 0 Å². The van der Waals surface area contributed by atoms with Gasteiger partial charge in [-0.15, -0.1) is 6.58 Å². The second-order valence-electron chi connectivity index (χ2n) is 5.14. The van der Waals surface area contributed by atoms with Crippen molar-refractivity contribution < 1.29 is 9.90 Å². The van der Waals surface area contributed by atoms with Crippen LogP contribution in [0.25, 0.3) is 0 Å². The Bertz CT molecular complexity index is 247. The van der Waals surface area contributed by atoms with Crippen molar-refractivity contribution in [3.63, 3.8) is 0 Å². The van der Waals surface area contributed by atoms with E-state index in [0.717, 1.165) is 44.9 Å². The van der Waals surface area contributed by atoms with Gasteiger partial charge in [0, 0.05) is 0 Å². The largest absolute Gasteiger partial charge is 0.481 e. The van der Waals surface area contributed by atoms with Crippen LogP contribution in [-0.2, 0) is 4.79 Å². The second kappa shape index (κ2) is 6.07. The van der Waals surface area contributed by atoms with E-state index in [1.54, 1.807) is 0 Å². The number of carbonyl (C=O) groups is 1. The molecule has 1 rings (SSSR count). The van der Waals surface area contributed by atoms with Crippen LogP contribution in [0.5, 0.6) is 0 Å². The van der Waals surface area contributed by atoms with E-state index >= 15 is 0 Å². The first kappa shape index (κ1) is 13.3. The van der Waals surface area contributed by atoms with E-state index in [0.29, 0.717) is 5.92 Å². The average Bonchev–Trinajstić information content (AvgIpc) is 2.29. The third-order valence-electron chi connectivity index (χ3n) is 4.04. The van der Waals surface area contributed by atoms with Crippen molar-refractivity contribution in [2.75, 3.05) is 0 Å². The maximum Gasteiger partial charge on any atom is 0.309 e. The maximum atomic E-state index is 11.5. The van der Waals surface area contributed by atoms with E-state index in [9.17, 15) is 9.90 Å². The molecule has 2 heteroatoms. The van der Waals surface area contributed by atoms with Crippen LogP contribution >= 0.6 is 0 Å². The van der Waals surface area contributed by atoms with E-state index in [1.807, 2.05) is 6.08 Å². The molecule has 0 radical (unpaired) electrons. The molecule has 1 aliphatic rings. The molecule has 0 bridgehead atoms. The molecule has 0 aromatic carbocycles. The third kappa shape index (κ3) is 3.10. The number of carboxylic acid groups (broad SMARTS) is 1. The number of unbranched alkanes of at least 4 members (excludes halogenated alkanes) is 1. The van der Waals surface area contributed by atoms with Crippen LogP contribution in [-0.4, -0.2) is 11.1 Å². The van der Waals surface area contributed by atoms with Gasteiger partial charge in [-0.2, -0.15) is 0 Å². The minimum Gasteiger partial charge on any atom is -0.481 e. The lowest BCUT2D eigenvalue weighted by molar-refractivity contribution is -0.152. The minimum atomic E-state index is -0.574. The van der Waals surface area contributed by atoms with Crippen LogP contribution in [0.15, 0.2) is 12.7 Å². The summed E-state index contributed by atoms with van der Waals surface area (Å²) >= 11 is 0. The predicted molar refractivity (Wildman–Crippen MR) is 66.4 cm³/mol. The number of allylic oxidation sites excluding steroid dienone is 1. The molecule has 0 aromatic rings. The monoisotopic (exact) mass is 224 g/mol. The Balaban J connectivity index is 2.63. The fourth-order valence-electron chi connectivity index (χ4n) is 2.95. The molecule has 2 nitrogen and oxygen atoms in total. The molecule has 1 N–H and O–H groups in total. The Morgan fingerprint density at radius 1 is 1.62 bits per heavy atom. The lowest BCUT2D eigenvalue weighted by Gasteiger charge is -2.37. The first-order chi connectivity index (χ1) is 7.64. The predicted octanol–water partition coefficient (Wildman–Crippen LogP) is 4.01. The zero-order chi connectivity index (χ0) is 12.0. The fourth-order valence-corrected chi connectivity index (χ4v) is 2.95. The first-order valence-electron chi connectivity index (χ1n) is 6.49. The van der Waals surface area contributed by atoms with Crippen LogP contribution < -0.4 is 0 Å². The Kier molecular flexibility index (Phi) is 5.04. The summed E-state index contributed by atoms with van der Waals surface area (Å²) in [5, 5.41) is 9.48. The molecule has 92 valence electrons. The van der Waals surface area contributed by atoms with Crippen molar-refractivity contribution in [1.82, 2.24) is 0 Å². The molecular formula is C14H24O2. The van der Waals surface area contributed by atoms with Crippen molar-refractivity contribution in [3.05, 3.63) is 12.7 Å². The van der Waals surface area contributed by atoms with Crippen molar-refractivity contribution in [2.45, 2.75) is 58.3 Å². The molecule has 0 amide bonds. The summed E-state index contributed by atoms with van der Waals surface area (Å²) < 4.78 is 0. The van der Waals surface area contributed by atoms with Crippen LogP contribution in [0.1, 0.15) is 58.3 Å². The molecule has 1 saturated carbocycles. The highest BCUT2D eigenvalue weighted by Crippen LogP contribution is 2.44. The molecule has 1 aliphatic carbocycles. The van der Waals surface area contributed by atoms with Gasteiger partial charge in [-0.05, 0) is 38.0 Å². The summed E-state index contributed by atoms with van der Waals surface area (Å²) in [7, 11) is 0. The smallest absolute Gasteiger partial charge is 0.309 e. The molecule has 1 fully saturated rings. The van der Waals surface area contributed by atoms with Gasteiger partial charge in [0.05, 0.1) is 5.41 Å². The number of rotatable bonds is 6. The van der Waals surface area contributed by atoms with E-state index in [1.165, 1.54) is 6.42 Å². The third-order valence-corrected chi connectivity index (χ3v) is 4.04. The van der Waals surface area contributed by atoms with Crippen LogP contribution in [0, 0.1) is 11.3 Å². The van der Waals surface area contributed by atoms with Gasteiger partial charge in [0.25, 0.3) is 0 Å². The fraction of sp³-hybridized carbons (Fsp3) is 0.786. The highest BCUT2D eigenvalue weighted by molar-refractivity contribution is 5.74. The molecule has 2 unspecified atom stereocenters. The van der Waals surface area contributed by atoms with Gasteiger partial charge in [0.1, 0.15) is 0 Å². The summed E-state index contributed by atoms with van der Waals surface area (Å²) in [4.78, 5) is 11.5. The molecule has 0 aliphatic heterocycles. The summed E-state index contributed by atoms with van der Waals surface area (Å²) in [5.74, 6) is 0.0447. The zero-order valence-corrected chi connectivity index (χ0v) is 10.4. The lowest BCUT2D eigenvalue weighted by atomic mass is 9.66. The van der Waals surface area contributed by atoms with E-state index in [4.69, 9.17) is 0 Å². The number of hydrogen-bond donors (Lipinski definition) is 1. The quantitative estimate of drug-likeness (QED) is 0.546. The summed E-state index contributed by atoms with van der Waals surface area (Å²) in [6.45, 7) is 5.87. The number of aliphatic carboxylic acids is 1.